The highest BCUT2D eigenvalue weighted by atomic mass is 79.9. The lowest BCUT2D eigenvalue weighted by molar-refractivity contribution is -0.286. The number of hydrogen-bond donors (Lipinski definition) is 2. The number of phenols is 1. The van der Waals surface area contributed by atoms with E-state index in [1.165, 1.54) is 12.1 Å². The number of alkyl halides is 2. The first kappa shape index (κ1) is 13.9. The number of aromatic hydroxyl groups is 1. The Morgan fingerprint density at radius 1 is 1.10 bits per heavy atom. The van der Waals surface area contributed by atoms with Gasteiger partial charge in [0.25, 0.3) is 0 Å². The van der Waals surface area contributed by atoms with E-state index in [1.807, 2.05) is 0 Å². The molecule has 1 aliphatic heterocycles. The average molecular weight is 358 g/mol. The molecular weight excluding hydrogens is 348 g/mol. The van der Waals surface area contributed by atoms with Crippen molar-refractivity contribution in [2.24, 2.45) is 0 Å². The Labute approximate surface area is 127 Å². The molecule has 0 saturated carbocycles. The molecule has 2 aromatic rings. The molecule has 1 heterocycles. The lowest BCUT2D eigenvalue weighted by Gasteiger charge is -2.08. The van der Waals surface area contributed by atoms with E-state index in [9.17, 15) is 13.9 Å². The standard InChI is InChI=1S/C14H10BrF2NO3/c15-10-5-8(1-3-11(10)19)7-18-9-2-4-12-13(6-9)21-14(16,17)20-12/h1-6,18-19H,7H2. The van der Waals surface area contributed by atoms with Gasteiger partial charge in [-0.2, -0.15) is 0 Å². The maximum absolute atomic E-state index is 12.9. The third kappa shape index (κ3) is 3.02. The second kappa shape index (κ2) is 5.07. The molecule has 0 radical (unpaired) electrons. The van der Waals surface area contributed by atoms with Crippen molar-refractivity contribution in [2.75, 3.05) is 5.32 Å². The zero-order chi connectivity index (χ0) is 15.0. The number of fused-ring (bicyclic) bond motifs is 1. The zero-order valence-corrected chi connectivity index (χ0v) is 12.2. The van der Waals surface area contributed by atoms with E-state index in [-0.39, 0.29) is 17.2 Å². The fourth-order valence-electron chi connectivity index (χ4n) is 1.92. The topological polar surface area (TPSA) is 50.7 Å². The summed E-state index contributed by atoms with van der Waals surface area (Å²) in [4.78, 5) is 0. The molecule has 0 atom stereocenters. The second-order valence-corrected chi connectivity index (χ2v) is 5.32. The summed E-state index contributed by atoms with van der Waals surface area (Å²) in [7, 11) is 0. The number of hydrogen-bond acceptors (Lipinski definition) is 4. The van der Waals surface area contributed by atoms with Crippen LogP contribution in [0.25, 0.3) is 0 Å². The summed E-state index contributed by atoms with van der Waals surface area (Å²) in [6, 6.07) is 9.59. The highest BCUT2D eigenvalue weighted by molar-refractivity contribution is 9.10. The normalized spacial score (nSPS) is 15.0. The fourth-order valence-corrected chi connectivity index (χ4v) is 2.35. The van der Waals surface area contributed by atoms with Gasteiger partial charge in [-0.05, 0) is 45.8 Å². The number of nitrogens with one attached hydrogen (secondary N) is 1. The summed E-state index contributed by atoms with van der Waals surface area (Å²) < 4.78 is 35.1. The van der Waals surface area contributed by atoms with Gasteiger partial charge in [-0.25, -0.2) is 0 Å². The smallest absolute Gasteiger partial charge is 0.507 e. The molecular formula is C14H10BrF2NO3. The van der Waals surface area contributed by atoms with Gasteiger partial charge in [0.15, 0.2) is 11.5 Å². The minimum atomic E-state index is -3.61. The molecule has 7 heteroatoms. The maximum atomic E-state index is 12.9. The molecule has 0 amide bonds. The third-order valence-electron chi connectivity index (χ3n) is 2.91. The van der Waals surface area contributed by atoms with Gasteiger partial charge in [0.05, 0.1) is 4.47 Å². The van der Waals surface area contributed by atoms with E-state index in [4.69, 9.17) is 0 Å². The summed E-state index contributed by atoms with van der Waals surface area (Å²) >= 11 is 3.23. The molecule has 110 valence electrons. The summed E-state index contributed by atoms with van der Waals surface area (Å²) in [5, 5.41) is 12.5. The van der Waals surface area contributed by atoms with Crippen molar-refractivity contribution in [3.63, 3.8) is 0 Å². The molecule has 0 unspecified atom stereocenters. The minimum absolute atomic E-state index is 0.00288. The van der Waals surface area contributed by atoms with Crippen LogP contribution in [0.5, 0.6) is 17.2 Å². The van der Waals surface area contributed by atoms with Gasteiger partial charge in [-0.3, -0.25) is 0 Å². The van der Waals surface area contributed by atoms with Crippen LogP contribution in [-0.4, -0.2) is 11.4 Å². The van der Waals surface area contributed by atoms with E-state index >= 15 is 0 Å². The van der Waals surface area contributed by atoms with Crippen LogP contribution in [0.1, 0.15) is 5.56 Å². The molecule has 0 saturated heterocycles. The molecule has 0 spiro atoms. The van der Waals surface area contributed by atoms with Crippen molar-refractivity contribution < 1.29 is 23.4 Å². The predicted molar refractivity (Wildman–Crippen MR) is 75.8 cm³/mol. The molecule has 4 nitrogen and oxygen atoms in total. The van der Waals surface area contributed by atoms with Crippen molar-refractivity contribution in [1.82, 2.24) is 0 Å². The van der Waals surface area contributed by atoms with E-state index in [1.54, 1.807) is 24.3 Å². The molecule has 2 aromatic carbocycles. The van der Waals surface area contributed by atoms with Gasteiger partial charge in [-0.15, -0.1) is 8.78 Å². The van der Waals surface area contributed by atoms with Crippen molar-refractivity contribution >= 4 is 21.6 Å². The molecule has 0 aliphatic carbocycles. The van der Waals surface area contributed by atoms with Gasteiger partial charge in [0.2, 0.25) is 0 Å². The predicted octanol–water partition coefficient (Wildman–Crippen LogP) is 4.09. The molecule has 1 aliphatic rings. The number of phenolic OH excluding ortho intramolecular Hbond substituents is 1. The van der Waals surface area contributed by atoms with Crippen LogP contribution in [0.3, 0.4) is 0 Å². The summed E-state index contributed by atoms with van der Waals surface area (Å²) in [6.45, 7) is 0.467. The van der Waals surface area contributed by atoms with Crippen LogP contribution in [0.15, 0.2) is 40.9 Å². The van der Waals surface area contributed by atoms with E-state index in [0.29, 0.717) is 16.7 Å². The average Bonchev–Trinajstić information content (AvgIpc) is 2.73. The zero-order valence-electron chi connectivity index (χ0n) is 10.6. The largest absolute Gasteiger partial charge is 0.586 e. The van der Waals surface area contributed by atoms with Crippen LogP contribution < -0.4 is 14.8 Å². The first-order chi connectivity index (χ1) is 9.93. The second-order valence-electron chi connectivity index (χ2n) is 4.47. The highest BCUT2D eigenvalue weighted by Crippen LogP contribution is 2.42. The van der Waals surface area contributed by atoms with E-state index < -0.39 is 6.29 Å². The summed E-state index contributed by atoms with van der Waals surface area (Å²) in [5.74, 6) is 0.166. The van der Waals surface area contributed by atoms with E-state index in [2.05, 4.69) is 30.7 Å². The SMILES string of the molecule is Oc1ccc(CNc2ccc3c(c2)OC(F)(F)O3)cc1Br. The van der Waals surface area contributed by atoms with Crippen molar-refractivity contribution in [1.29, 1.82) is 0 Å². The molecule has 2 N–H and O–H groups in total. The molecule has 0 fully saturated rings. The monoisotopic (exact) mass is 357 g/mol. The van der Waals surface area contributed by atoms with Gasteiger partial charge in [0, 0.05) is 18.3 Å². The number of halogens is 3. The molecule has 0 bridgehead atoms. The summed E-state index contributed by atoms with van der Waals surface area (Å²) in [5.41, 5.74) is 1.54. The van der Waals surface area contributed by atoms with Crippen molar-refractivity contribution in [3.05, 3.63) is 46.4 Å². The Morgan fingerprint density at radius 2 is 1.86 bits per heavy atom. The maximum Gasteiger partial charge on any atom is 0.586 e. The van der Waals surface area contributed by atoms with Gasteiger partial charge in [-0.1, -0.05) is 6.07 Å². The highest BCUT2D eigenvalue weighted by Gasteiger charge is 2.43. The molecule has 3 rings (SSSR count). The van der Waals surface area contributed by atoms with Crippen LogP contribution >= 0.6 is 15.9 Å². The van der Waals surface area contributed by atoms with Gasteiger partial charge in [0.1, 0.15) is 5.75 Å². The van der Waals surface area contributed by atoms with Crippen LogP contribution in [0, 0.1) is 0 Å². The molecule has 21 heavy (non-hydrogen) atoms. The fraction of sp³-hybridized carbons (Fsp3) is 0.143. The quantitative estimate of drug-likeness (QED) is 0.868. The molecule has 0 aromatic heterocycles. The van der Waals surface area contributed by atoms with Gasteiger partial charge >= 0.3 is 6.29 Å². The lowest BCUT2D eigenvalue weighted by atomic mass is 10.2. The van der Waals surface area contributed by atoms with Crippen LogP contribution in [0.4, 0.5) is 14.5 Å². The first-order valence-corrected chi connectivity index (χ1v) is 6.83. The van der Waals surface area contributed by atoms with Gasteiger partial charge < -0.3 is 19.9 Å². The Bertz CT molecular complexity index is 694. The number of ether oxygens (including phenoxy) is 2. The van der Waals surface area contributed by atoms with Crippen LogP contribution in [-0.2, 0) is 6.54 Å². The number of benzene rings is 2. The van der Waals surface area contributed by atoms with Crippen molar-refractivity contribution in [2.45, 2.75) is 12.8 Å². The van der Waals surface area contributed by atoms with Crippen LogP contribution in [0.2, 0.25) is 0 Å². The summed E-state index contributed by atoms with van der Waals surface area (Å²) in [6.07, 6.45) is -3.61. The Balaban J connectivity index is 1.71. The lowest BCUT2D eigenvalue weighted by Crippen LogP contribution is -2.25. The Hall–Kier alpha value is -2.02. The Kier molecular flexibility index (Phi) is 3.36. The minimum Gasteiger partial charge on any atom is -0.507 e. The first-order valence-electron chi connectivity index (χ1n) is 6.04. The van der Waals surface area contributed by atoms with Crippen molar-refractivity contribution in [3.8, 4) is 17.2 Å². The number of anilines is 1. The third-order valence-corrected chi connectivity index (χ3v) is 3.55. The number of rotatable bonds is 3. The van der Waals surface area contributed by atoms with E-state index in [0.717, 1.165) is 5.56 Å². The Morgan fingerprint density at radius 3 is 2.62 bits per heavy atom.